The smallest absolute Gasteiger partial charge is 0.119 e. The second kappa shape index (κ2) is 6.48. The summed E-state index contributed by atoms with van der Waals surface area (Å²) in [6.45, 7) is 0.555. The van der Waals surface area contributed by atoms with Crippen LogP contribution < -0.4 is 4.74 Å². The summed E-state index contributed by atoms with van der Waals surface area (Å²) in [4.78, 5) is 0. The molecule has 0 atom stereocenters. The zero-order valence-corrected chi connectivity index (χ0v) is 11.2. The van der Waals surface area contributed by atoms with Crippen LogP contribution in [-0.4, -0.2) is 0 Å². The number of halogens is 2. The van der Waals surface area contributed by atoms with E-state index in [0.717, 1.165) is 16.9 Å². The van der Waals surface area contributed by atoms with Gasteiger partial charge in [-0.05, 0) is 35.4 Å². The Hall–Kier alpha value is -1.44. The quantitative estimate of drug-likeness (QED) is 0.761. The van der Waals surface area contributed by atoms with E-state index in [4.69, 9.17) is 27.9 Å². The number of hydrogen-bond donors (Lipinski definition) is 0. The van der Waals surface area contributed by atoms with Gasteiger partial charge in [0.05, 0.1) is 5.03 Å². The topological polar surface area (TPSA) is 9.23 Å². The lowest BCUT2D eigenvalue weighted by molar-refractivity contribution is 0.306. The minimum Gasteiger partial charge on any atom is -0.489 e. The fourth-order valence-electron chi connectivity index (χ4n) is 1.51. The molecular weight excluding hydrogens is 267 g/mol. The number of benzene rings is 2. The molecule has 0 fully saturated rings. The van der Waals surface area contributed by atoms with E-state index in [1.165, 1.54) is 5.54 Å². The molecule has 18 heavy (non-hydrogen) atoms. The third kappa shape index (κ3) is 3.52. The minimum atomic E-state index is 0.520. The van der Waals surface area contributed by atoms with Crippen LogP contribution >= 0.6 is 23.2 Å². The van der Waals surface area contributed by atoms with Crippen LogP contribution in [0.1, 0.15) is 11.1 Å². The Morgan fingerprint density at radius 2 is 1.67 bits per heavy atom. The van der Waals surface area contributed by atoms with Gasteiger partial charge in [0.25, 0.3) is 0 Å². The monoisotopic (exact) mass is 278 g/mol. The van der Waals surface area contributed by atoms with Gasteiger partial charge < -0.3 is 4.74 Å². The highest BCUT2D eigenvalue weighted by Gasteiger charge is 1.99. The average Bonchev–Trinajstić information content (AvgIpc) is 2.46. The van der Waals surface area contributed by atoms with Crippen molar-refractivity contribution in [1.29, 1.82) is 0 Å². The van der Waals surface area contributed by atoms with Gasteiger partial charge in [-0.3, -0.25) is 0 Å². The van der Waals surface area contributed by atoms with Crippen LogP contribution in [0.5, 0.6) is 5.75 Å². The number of ether oxygens (including phenoxy) is 1. The molecule has 0 saturated carbocycles. The van der Waals surface area contributed by atoms with Crippen molar-refractivity contribution in [2.75, 3.05) is 0 Å². The van der Waals surface area contributed by atoms with Gasteiger partial charge in [0.2, 0.25) is 0 Å². The van der Waals surface area contributed by atoms with Crippen LogP contribution in [0.4, 0.5) is 0 Å². The Morgan fingerprint density at radius 3 is 2.28 bits per heavy atom. The van der Waals surface area contributed by atoms with E-state index < -0.39 is 0 Å². The normalized spacial score (nSPS) is 11.3. The number of hydrogen-bond acceptors (Lipinski definition) is 1. The van der Waals surface area contributed by atoms with E-state index >= 15 is 0 Å². The summed E-state index contributed by atoms with van der Waals surface area (Å²) in [6, 6.07) is 17.5. The van der Waals surface area contributed by atoms with Gasteiger partial charge in [-0.2, -0.15) is 0 Å². The molecule has 2 aromatic rings. The van der Waals surface area contributed by atoms with E-state index in [-0.39, 0.29) is 0 Å². The molecule has 0 spiro atoms. The van der Waals surface area contributed by atoms with Gasteiger partial charge in [0.1, 0.15) is 12.4 Å². The van der Waals surface area contributed by atoms with Crippen molar-refractivity contribution < 1.29 is 4.74 Å². The molecule has 92 valence electrons. The summed E-state index contributed by atoms with van der Waals surface area (Å²) in [5.41, 5.74) is 3.36. The first-order valence-electron chi connectivity index (χ1n) is 5.52. The fourth-order valence-corrected chi connectivity index (χ4v) is 1.77. The maximum absolute atomic E-state index is 5.90. The highest BCUT2D eigenvalue weighted by molar-refractivity contribution is 6.52. The van der Waals surface area contributed by atoms with Crippen molar-refractivity contribution in [3.8, 4) is 5.75 Å². The Kier molecular flexibility index (Phi) is 4.68. The van der Waals surface area contributed by atoms with Crippen LogP contribution in [-0.2, 0) is 6.61 Å². The van der Waals surface area contributed by atoms with Gasteiger partial charge in [0.15, 0.2) is 0 Å². The van der Waals surface area contributed by atoms with Crippen LogP contribution in [0.2, 0.25) is 0 Å². The average molecular weight is 279 g/mol. The molecule has 0 aliphatic carbocycles. The van der Waals surface area contributed by atoms with E-state index in [2.05, 4.69) is 0 Å². The molecule has 0 N–H and O–H groups in total. The van der Waals surface area contributed by atoms with Crippen LogP contribution in [0.25, 0.3) is 5.03 Å². The minimum absolute atomic E-state index is 0.520. The maximum Gasteiger partial charge on any atom is 0.119 e. The predicted octanol–water partition coefficient (Wildman–Crippen LogP) is 5.04. The molecule has 2 rings (SSSR count). The van der Waals surface area contributed by atoms with Crippen LogP contribution in [0.15, 0.2) is 60.1 Å². The highest BCUT2D eigenvalue weighted by Crippen LogP contribution is 2.22. The van der Waals surface area contributed by atoms with Gasteiger partial charge in [0, 0.05) is 5.54 Å². The van der Waals surface area contributed by atoms with Crippen molar-refractivity contribution in [3.63, 3.8) is 0 Å². The molecule has 1 nitrogen and oxygen atoms in total. The molecular formula is C15H12Cl2O. The molecule has 0 aromatic heterocycles. The standard InChI is InChI=1S/C15H12Cl2O/c16-10-15(17)13-6-8-14(9-7-13)18-11-12-4-2-1-3-5-12/h1-10H,11H2/b15-10-. The predicted molar refractivity (Wildman–Crippen MR) is 76.9 cm³/mol. The van der Waals surface area contributed by atoms with Crippen molar-refractivity contribution in [3.05, 3.63) is 71.3 Å². The lowest BCUT2D eigenvalue weighted by Crippen LogP contribution is -1.94. The largest absolute Gasteiger partial charge is 0.489 e. The third-order valence-corrected chi connectivity index (χ3v) is 3.13. The first-order valence-corrected chi connectivity index (χ1v) is 6.34. The van der Waals surface area contributed by atoms with Crippen molar-refractivity contribution in [2.45, 2.75) is 6.61 Å². The first-order chi connectivity index (χ1) is 8.79. The van der Waals surface area contributed by atoms with Gasteiger partial charge in [-0.15, -0.1) is 0 Å². The van der Waals surface area contributed by atoms with Crippen molar-refractivity contribution in [1.82, 2.24) is 0 Å². The highest BCUT2D eigenvalue weighted by atomic mass is 35.5. The van der Waals surface area contributed by atoms with Crippen LogP contribution in [0, 0.1) is 0 Å². The summed E-state index contributed by atoms with van der Waals surface area (Å²) in [7, 11) is 0. The summed E-state index contributed by atoms with van der Waals surface area (Å²) in [6.07, 6.45) is 0. The Bertz CT molecular complexity index is 518. The van der Waals surface area contributed by atoms with E-state index in [0.29, 0.717) is 11.6 Å². The molecule has 0 amide bonds. The van der Waals surface area contributed by atoms with E-state index in [1.54, 1.807) is 0 Å². The summed E-state index contributed by atoms with van der Waals surface area (Å²) < 4.78 is 5.66. The SMILES string of the molecule is Cl/C=C(\Cl)c1ccc(OCc2ccccc2)cc1. The van der Waals surface area contributed by atoms with E-state index in [9.17, 15) is 0 Å². The summed E-state index contributed by atoms with van der Waals surface area (Å²) in [5.74, 6) is 0.807. The molecule has 0 radical (unpaired) electrons. The van der Waals surface area contributed by atoms with Gasteiger partial charge in [-0.1, -0.05) is 53.5 Å². The molecule has 0 heterocycles. The lowest BCUT2D eigenvalue weighted by Gasteiger charge is -2.07. The van der Waals surface area contributed by atoms with Crippen molar-refractivity contribution >= 4 is 28.2 Å². The summed E-state index contributed by atoms with van der Waals surface area (Å²) in [5, 5.41) is 0.520. The Morgan fingerprint density at radius 1 is 1.00 bits per heavy atom. The summed E-state index contributed by atoms with van der Waals surface area (Å²) >= 11 is 11.4. The first kappa shape index (κ1) is 13.0. The fraction of sp³-hybridized carbons (Fsp3) is 0.0667. The molecule has 0 saturated heterocycles. The molecule has 0 aliphatic heterocycles. The third-order valence-electron chi connectivity index (χ3n) is 2.47. The zero-order valence-electron chi connectivity index (χ0n) is 9.64. The molecule has 3 heteroatoms. The zero-order chi connectivity index (χ0) is 12.8. The second-order valence-corrected chi connectivity index (χ2v) is 4.38. The molecule has 2 aromatic carbocycles. The van der Waals surface area contributed by atoms with Gasteiger partial charge in [-0.25, -0.2) is 0 Å². The van der Waals surface area contributed by atoms with Crippen molar-refractivity contribution in [2.24, 2.45) is 0 Å². The lowest BCUT2D eigenvalue weighted by atomic mass is 10.2. The Balaban J connectivity index is 1.99. The van der Waals surface area contributed by atoms with Gasteiger partial charge >= 0.3 is 0 Å². The molecule has 0 unspecified atom stereocenters. The molecule has 0 bridgehead atoms. The van der Waals surface area contributed by atoms with E-state index in [1.807, 2.05) is 54.6 Å². The van der Waals surface area contributed by atoms with Crippen LogP contribution in [0.3, 0.4) is 0 Å². The number of rotatable bonds is 4. The second-order valence-electron chi connectivity index (χ2n) is 3.76. The Labute approximate surface area is 117 Å². The molecule has 0 aliphatic rings. The maximum atomic E-state index is 5.90.